The molecule has 0 unspecified atom stereocenters. The minimum atomic E-state index is -0.577. The molecule has 0 bridgehead atoms. The second kappa shape index (κ2) is 6.76. The van der Waals surface area contributed by atoms with Gasteiger partial charge in [-0.05, 0) is 26.0 Å². The number of nitrogens with zero attached hydrogens (tertiary/aromatic N) is 4. The number of anilines is 2. The topological polar surface area (TPSA) is 97.7 Å². The number of methoxy groups -OCH3 is 1. The Morgan fingerprint density at radius 1 is 1.18 bits per heavy atom. The molecule has 0 radical (unpaired) electrons. The minimum absolute atomic E-state index is 0.0829. The van der Waals surface area contributed by atoms with Crippen LogP contribution in [-0.4, -0.2) is 31.8 Å². The van der Waals surface area contributed by atoms with E-state index in [0.717, 1.165) is 5.69 Å². The number of halogens is 1. The van der Waals surface area contributed by atoms with E-state index < -0.39 is 5.82 Å². The number of aryl methyl sites for hydroxylation is 2. The molecule has 1 aromatic carbocycles. The molecule has 3 aromatic heterocycles. The van der Waals surface area contributed by atoms with Gasteiger partial charge in [-0.15, -0.1) is 0 Å². The number of hydrogen-bond donors (Lipinski definition) is 2. The van der Waals surface area contributed by atoms with Gasteiger partial charge in [0.15, 0.2) is 11.6 Å². The average molecular weight is 380 g/mol. The van der Waals surface area contributed by atoms with Crippen molar-refractivity contribution in [3.63, 3.8) is 0 Å². The Hall–Kier alpha value is -3.75. The Labute approximate surface area is 159 Å². The number of fused-ring (bicyclic) bond motifs is 1. The fourth-order valence-electron chi connectivity index (χ4n) is 3.03. The van der Waals surface area contributed by atoms with Gasteiger partial charge in [0, 0.05) is 24.0 Å². The molecule has 0 fully saturated rings. The molecule has 4 aromatic rings. The smallest absolute Gasteiger partial charge is 0.273 e. The monoisotopic (exact) mass is 380 g/mol. The first-order valence-corrected chi connectivity index (χ1v) is 8.49. The van der Waals surface area contributed by atoms with Crippen LogP contribution in [0, 0.1) is 19.7 Å². The molecule has 4 rings (SSSR count). The number of ether oxygens (including phenoxy) is 1. The maximum atomic E-state index is 14.7. The number of nitrogens with one attached hydrogen (secondary N) is 2. The van der Waals surface area contributed by atoms with Crippen LogP contribution in [0.2, 0.25) is 0 Å². The summed E-state index contributed by atoms with van der Waals surface area (Å²) in [6.45, 7) is 3.66. The lowest BCUT2D eigenvalue weighted by Gasteiger charge is -2.10. The molecule has 28 heavy (non-hydrogen) atoms. The molecule has 0 spiro atoms. The van der Waals surface area contributed by atoms with Crippen LogP contribution in [0.3, 0.4) is 0 Å². The molecule has 0 saturated carbocycles. The Morgan fingerprint density at radius 2 is 2.00 bits per heavy atom. The maximum Gasteiger partial charge on any atom is 0.273 e. The van der Waals surface area contributed by atoms with Crippen molar-refractivity contribution < 1.29 is 9.13 Å². The van der Waals surface area contributed by atoms with Crippen LogP contribution in [0.4, 0.5) is 16.0 Å². The number of hydrogen-bond acceptors (Lipinski definition) is 6. The first-order valence-electron chi connectivity index (χ1n) is 8.49. The summed E-state index contributed by atoms with van der Waals surface area (Å²) in [6.07, 6.45) is 1.44. The predicted molar refractivity (Wildman–Crippen MR) is 103 cm³/mol. The molecule has 0 aliphatic rings. The van der Waals surface area contributed by atoms with Crippen molar-refractivity contribution in [2.75, 3.05) is 12.4 Å². The third-order valence-electron chi connectivity index (χ3n) is 4.21. The highest BCUT2D eigenvalue weighted by molar-refractivity contribution is 5.82. The van der Waals surface area contributed by atoms with E-state index in [4.69, 9.17) is 4.74 Å². The molecule has 0 saturated heterocycles. The lowest BCUT2D eigenvalue weighted by molar-refractivity contribution is 0.385. The Morgan fingerprint density at radius 3 is 2.75 bits per heavy atom. The Bertz CT molecular complexity index is 1230. The predicted octanol–water partition coefficient (Wildman–Crippen LogP) is 3.01. The van der Waals surface area contributed by atoms with Crippen molar-refractivity contribution in [1.29, 1.82) is 0 Å². The maximum absolute atomic E-state index is 14.7. The highest BCUT2D eigenvalue weighted by atomic mass is 19.1. The molecule has 0 atom stereocenters. The Kier molecular flexibility index (Phi) is 4.26. The van der Waals surface area contributed by atoms with E-state index in [2.05, 4.69) is 25.4 Å². The van der Waals surface area contributed by atoms with Gasteiger partial charge in [-0.3, -0.25) is 9.89 Å². The SMILES string of the molecule is COc1cccc(-n2[nH]c(=O)c3cnc(Nc4cc(C)nc(C)n4)cc32)c1F. The summed E-state index contributed by atoms with van der Waals surface area (Å²) in [5, 5.41) is 6.07. The molecule has 0 aliphatic heterocycles. The highest BCUT2D eigenvalue weighted by Gasteiger charge is 2.16. The van der Waals surface area contributed by atoms with Crippen molar-refractivity contribution in [3.8, 4) is 11.4 Å². The molecule has 8 nitrogen and oxygen atoms in total. The summed E-state index contributed by atoms with van der Waals surface area (Å²) in [4.78, 5) is 25.1. The largest absolute Gasteiger partial charge is 0.494 e. The number of benzene rings is 1. The zero-order chi connectivity index (χ0) is 19.8. The van der Waals surface area contributed by atoms with Gasteiger partial charge in [-0.2, -0.15) is 0 Å². The zero-order valence-corrected chi connectivity index (χ0v) is 15.4. The standard InChI is InChI=1S/C19H17FN6O2/c1-10-7-17(23-11(2)22-10)24-16-8-14-12(9-21-16)19(27)25-26(14)13-5-4-6-15(28-3)18(13)20/h4-9H,1-3H3,(H,25,27)(H,21,22,23,24). The number of rotatable bonds is 4. The lowest BCUT2D eigenvalue weighted by Crippen LogP contribution is -2.06. The van der Waals surface area contributed by atoms with Gasteiger partial charge in [0.05, 0.1) is 18.0 Å². The normalized spacial score (nSPS) is 11.0. The van der Waals surface area contributed by atoms with Crippen molar-refractivity contribution in [3.05, 3.63) is 64.2 Å². The van der Waals surface area contributed by atoms with Gasteiger partial charge >= 0.3 is 0 Å². The number of aromatic nitrogens is 5. The first-order chi connectivity index (χ1) is 13.5. The number of pyridine rings is 1. The van der Waals surface area contributed by atoms with Gasteiger partial charge in [-0.1, -0.05) is 6.07 Å². The number of aromatic amines is 1. The van der Waals surface area contributed by atoms with E-state index >= 15 is 0 Å². The lowest BCUT2D eigenvalue weighted by atomic mass is 10.2. The van der Waals surface area contributed by atoms with Gasteiger partial charge in [0.25, 0.3) is 5.56 Å². The second-order valence-corrected chi connectivity index (χ2v) is 6.22. The molecule has 142 valence electrons. The van der Waals surface area contributed by atoms with Crippen molar-refractivity contribution >= 4 is 22.5 Å². The fourth-order valence-corrected chi connectivity index (χ4v) is 3.03. The summed E-state index contributed by atoms with van der Waals surface area (Å²) in [5.74, 6) is 1.17. The van der Waals surface area contributed by atoms with Gasteiger partial charge in [-0.25, -0.2) is 24.0 Å². The van der Waals surface area contributed by atoms with Gasteiger partial charge in [0.2, 0.25) is 0 Å². The summed E-state index contributed by atoms with van der Waals surface area (Å²) >= 11 is 0. The third kappa shape index (κ3) is 3.07. The van der Waals surface area contributed by atoms with Crippen LogP contribution < -0.4 is 15.6 Å². The molecular formula is C19H17FN6O2. The van der Waals surface area contributed by atoms with E-state index in [1.165, 1.54) is 24.1 Å². The van der Waals surface area contributed by atoms with Crippen molar-refractivity contribution in [1.82, 2.24) is 24.7 Å². The van der Waals surface area contributed by atoms with Crippen molar-refractivity contribution in [2.45, 2.75) is 13.8 Å². The van der Waals surface area contributed by atoms with E-state index in [1.54, 1.807) is 31.2 Å². The van der Waals surface area contributed by atoms with Crippen LogP contribution in [0.1, 0.15) is 11.5 Å². The molecule has 9 heteroatoms. The molecule has 2 N–H and O–H groups in total. The molecule has 0 amide bonds. The van der Waals surface area contributed by atoms with E-state index in [9.17, 15) is 9.18 Å². The summed E-state index contributed by atoms with van der Waals surface area (Å²) in [5.41, 5.74) is 1.08. The summed E-state index contributed by atoms with van der Waals surface area (Å²) in [7, 11) is 1.39. The fraction of sp³-hybridized carbons (Fsp3) is 0.158. The molecule has 3 heterocycles. The Balaban J connectivity index is 1.83. The van der Waals surface area contributed by atoms with Crippen molar-refractivity contribution in [2.24, 2.45) is 0 Å². The van der Waals surface area contributed by atoms with Gasteiger partial charge < -0.3 is 10.1 Å². The zero-order valence-electron chi connectivity index (χ0n) is 15.4. The highest BCUT2D eigenvalue weighted by Crippen LogP contribution is 2.26. The first kappa shape index (κ1) is 17.7. The average Bonchev–Trinajstić information content (AvgIpc) is 2.97. The quantitative estimate of drug-likeness (QED) is 0.565. The van der Waals surface area contributed by atoms with Crippen LogP contribution in [-0.2, 0) is 0 Å². The molecular weight excluding hydrogens is 363 g/mol. The molecule has 0 aliphatic carbocycles. The van der Waals surface area contributed by atoms with Crippen LogP contribution in [0.25, 0.3) is 16.6 Å². The summed E-state index contributed by atoms with van der Waals surface area (Å²) < 4.78 is 21.1. The van der Waals surface area contributed by atoms with E-state index in [0.29, 0.717) is 28.4 Å². The minimum Gasteiger partial charge on any atom is -0.494 e. The van der Waals surface area contributed by atoms with E-state index in [1.807, 2.05) is 6.92 Å². The summed E-state index contributed by atoms with van der Waals surface area (Å²) in [6, 6.07) is 8.15. The third-order valence-corrected chi connectivity index (χ3v) is 4.21. The van der Waals surface area contributed by atoms with E-state index in [-0.39, 0.29) is 17.0 Å². The number of H-pyrrole nitrogens is 1. The second-order valence-electron chi connectivity index (χ2n) is 6.22. The van der Waals surface area contributed by atoms with Crippen LogP contribution in [0.5, 0.6) is 5.75 Å². The van der Waals surface area contributed by atoms with Crippen LogP contribution in [0.15, 0.2) is 41.3 Å². The van der Waals surface area contributed by atoms with Crippen LogP contribution >= 0.6 is 0 Å². The van der Waals surface area contributed by atoms with Gasteiger partial charge in [0.1, 0.15) is 23.1 Å².